The van der Waals surface area contributed by atoms with Crippen molar-refractivity contribution in [2.45, 2.75) is 31.0 Å². The number of nitrogens with two attached hydrogens (primary N) is 2. The van der Waals surface area contributed by atoms with Crippen molar-refractivity contribution in [2.75, 3.05) is 29.9 Å². The van der Waals surface area contributed by atoms with Gasteiger partial charge in [-0.25, -0.2) is 4.98 Å². The molecule has 12 heteroatoms. The number of nitrogens with zero attached hydrogens (tertiary/aromatic N) is 4. The summed E-state index contributed by atoms with van der Waals surface area (Å²) in [4.78, 5) is 12.9. The molecule has 4 rings (SSSR count). The molecule has 0 aliphatic carbocycles. The molecule has 0 radical (unpaired) electrons. The quantitative estimate of drug-likeness (QED) is 0.187. The van der Waals surface area contributed by atoms with Crippen molar-refractivity contribution in [1.29, 1.82) is 0 Å². The van der Waals surface area contributed by atoms with E-state index in [2.05, 4.69) is 42.9 Å². The van der Waals surface area contributed by atoms with Crippen molar-refractivity contribution in [3.05, 3.63) is 33.7 Å². The summed E-state index contributed by atoms with van der Waals surface area (Å²) in [5.74, 6) is 0.480. The first-order chi connectivity index (χ1) is 14.4. The highest BCUT2D eigenvalue weighted by Crippen LogP contribution is 2.32. The van der Waals surface area contributed by atoms with Gasteiger partial charge in [-0.05, 0) is 46.7 Å². The molecule has 0 bridgehead atoms. The maximum Gasteiger partial charge on any atom is 0.226 e. The molecule has 4 atom stereocenters. The fourth-order valence-corrected chi connectivity index (χ4v) is 3.94. The molecule has 11 nitrogen and oxygen atoms in total. The number of aromatic nitrogens is 4. The zero-order valence-electron chi connectivity index (χ0n) is 15.8. The van der Waals surface area contributed by atoms with Crippen LogP contribution in [0.2, 0.25) is 0 Å². The molecule has 0 saturated carbocycles. The van der Waals surface area contributed by atoms with E-state index in [-0.39, 0.29) is 5.82 Å². The summed E-state index contributed by atoms with van der Waals surface area (Å²) in [6.45, 7) is 0.141. The van der Waals surface area contributed by atoms with Crippen LogP contribution in [-0.4, -0.2) is 66.3 Å². The van der Waals surface area contributed by atoms with E-state index in [4.69, 9.17) is 16.2 Å². The number of aliphatic hydroxyl groups excluding tert-OH is 3. The summed E-state index contributed by atoms with van der Waals surface area (Å²) in [7, 11) is 0. The molecule has 8 N–H and O–H groups in total. The van der Waals surface area contributed by atoms with Gasteiger partial charge in [0.15, 0.2) is 17.7 Å². The van der Waals surface area contributed by atoms with E-state index in [9.17, 15) is 15.3 Å². The van der Waals surface area contributed by atoms with Crippen LogP contribution in [0.15, 0.2) is 24.5 Å². The van der Waals surface area contributed by atoms with Crippen LogP contribution in [0, 0.1) is 3.57 Å². The number of hydrogen-bond donors (Lipinski definition) is 6. The molecular weight excluding hydrogens is 505 g/mol. The number of halogens is 1. The summed E-state index contributed by atoms with van der Waals surface area (Å²) in [6.07, 6.45) is -2.19. The van der Waals surface area contributed by atoms with Gasteiger partial charge in [-0.15, -0.1) is 0 Å². The Morgan fingerprint density at radius 1 is 1.20 bits per heavy atom. The predicted molar refractivity (Wildman–Crippen MR) is 119 cm³/mol. The molecule has 1 aliphatic heterocycles. The van der Waals surface area contributed by atoms with E-state index in [1.165, 1.54) is 10.9 Å². The average molecular weight is 527 g/mol. The Bertz CT molecular complexity index is 1060. The van der Waals surface area contributed by atoms with Crippen molar-refractivity contribution < 1.29 is 20.1 Å². The molecule has 30 heavy (non-hydrogen) atoms. The highest BCUT2D eigenvalue weighted by molar-refractivity contribution is 14.1. The standard InChI is InChI=1S/C18H22IN7O4/c19-9-5-8(1-2-10(9)20)3-4-22-18-24-15(21)12-16(25-18)26(7-23-12)17-14(29)13(28)11(6-27)30-17/h1-2,5,7,11,13-14,17,27-29H,3-4,6,20H2,(H3,21,22,24,25)/t11-,13?,14?,17-/m1/s1. The van der Waals surface area contributed by atoms with Crippen LogP contribution in [-0.2, 0) is 11.2 Å². The summed E-state index contributed by atoms with van der Waals surface area (Å²) >= 11 is 2.19. The number of rotatable bonds is 6. The number of fused-ring (bicyclic) bond motifs is 1. The molecule has 160 valence electrons. The zero-order chi connectivity index (χ0) is 21.4. The second kappa shape index (κ2) is 8.47. The van der Waals surface area contributed by atoms with Gasteiger partial charge in [0.2, 0.25) is 5.95 Å². The Labute approximate surface area is 185 Å². The van der Waals surface area contributed by atoms with Gasteiger partial charge in [0.1, 0.15) is 23.8 Å². The number of nitrogen functional groups attached to an aromatic ring is 2. The SMILES string of the molecule is Nc1ccc(CCNc2nc(N)c3ncn([C@@H]4O[C@H](CO)C(O)C4O)c3n2)cc1I. The van der Waals surface area contributed by atoms with E-state index in [0.29, 0.717) is 23.7 Å². The third-order valence-electron chi connectivity index (χ3n) is 5.00. The van der Waals surface area contributed by atoms with Crippen molar-refractivity contribution in [3.63, 3.8) is 0 Å². The van der Waals surface area contributed by atoms with E-state index in [1.54, 1.807) is 0 Å². The van der Waals surface area contributed by atoms with Gasteiger partial charge in [0.25, 0.3) is 0 Å². The van der Waals surface area contributed by atoms with Crippen LogP contribution >= 0.6 is 22.6 Å². The Morgan fingerprint density at radius 2 is 2.00 bits per heavy atom. The maximum atomic E-state index is 10.3. The molecule has 3 aromatic rings. The van der Waals surface area contributed by atoms with Gasteiger partial charge in [0, 0.05) is 15.8 Å². The second-order valence-electron chi connectivity index (χ2n) is 7.02. The Hall–Kier alpha value is -2.26. The molecule has 2 aromatic heterocycles. The molecule has 0 amide bonds. The van der Waals surface area contributed by atoms with Crippen molar-refractivity contribution in [1.82, 2.24) is 19.5 Å². The van der Waals surface area contributed by atoms with Crippen molar-refractivity contribution in [2.24, 2.45) is 0 Å². The Kier molecular flexibility index (Phi) is 5.92. The van der Waals surface area contributed by atoms with Crippen LogP contribution < -0.4 is 16.8 Å². The number of aliphatic hydroxyl groups is 3. The van der Waals surface area contributed by atoms with Gasteiger partial charge >= 0.3 is 0 Å². The molecule has 0 spiro atoms. The largest absolute Gasteiger partial charge is 0.398 e. The smallest absolute Gasteiger partial charge is 0.226 e. The van der Waals surface area contributed by atoms with Crippen molar-refractivity contribution in [3.8, 4) is 0 Å². The molecule has 2 unspecified atom stereocenters. The maximum absolute atomic E-state index is 10.3. The highest BCUT2D eigenvalue weighted by Gasteiger charge is 2.44. The van der Waals surface area contributed by atoms with E-state index in [1.807, 2.05) is 18.2 Å². The highest BCUT2D eigenvalue weighted by atomic mass is 127. The van der Waals surface area contributed by atoms with Crippen molar-refractivity contribution >= 4 is 51.2 Å². The van der Waals surface area contributed by atoms with Gasteiger partial charge in [-0.3, -0.25) is 4.57 Å². The monoisotopic (exact) mass is 527 g/mol. The minimum atomic E-state index is -1.25. The lowest BCUT2D eigenvalue weighted by Crippen LogP contribution is -2.33. The fraction of sp³-hybridized carbons (Fsp3) is 0.389. The zero-order valence-corrected chi connectivity index (χ0v) is 18.0. The summed E-state index contributed by atoms with van der Waals surface area (Å²) in [6, 6.07) is 5.86. The number of hydrogen-bond acceptors (Lipinski definition) is 10. The van der Waals surface area contributed by atoms with Crippen LogP contribution in [0.25, 0.3) is 11.2 Å². The van der Waals surface area contributed by atoms with Gasteiger partial charge in [-0.1, -0.05) is 6.07 Å². The minimum absolute atomic E-state index is 0.176. The molecule has 1 aromatic carbocycles. The first-order valence-electron chi connectivity index (χ1n) is 9.29. The third kappa shape index (κ3) is 3.88. The Balaban J connectivity index is 1.54. The number of ether oxygens (including phenoxy) is 1. The van der Waals surface area contributed by atoms with Crippen LogP contribution in [0.5, 0.6) is 0 Å². The Morgan fingerprint density at radius 3 is 2.70 bits per heavy atom. The molecule has 1 fully saturated rings. The van der Waals surface area contributed by atoms with Gasteiger partial charge < -0.3 is 36.8 Å². The third-order valence-corrected chi connectivity index (χ3v) is 5.94. The van der Waals surface area contributed by atoms with Crippen LogP contribution in [0.1, 0.15) is 11.8 Å². The number of anilines is 3. The summed E-state index contributed by atoms with van der Waals surface area (Å²) in [5, 5.41) is 32.8. The van der Waals surface area contributed by atoms with Gasteiger partial charge in [-0.2, -0.15) is 9.97 Å². The molecule has 1 aliphatic rings. The van der Waals surface area contributed by atoms with E-state index in [0.717, 1.165) is 21.2 Å². The number of benzene rings is 1. The normalized spacial score (nSPS) is 23.9. The first kappa shape index (κ1) is 21.0. The molecular formula is C18H22IN7O4. The lowest BCUT2D eigenvalue weighted by atomic mass is 10.1. The lowest BCUT2D eigenvalue weighted by Gasteiger charge is -2.17. The fourth-order valence-electron chi connectivity index (χ4n) is 3.36. The molecule has 3 heterocycles. The average Bonchev–Trinajstić information content (AvgIpc) is 3.26. The topological polar surface area (TPSA) is 178 Å². The van der Waals surface area contributed by atoms with Crippen LogP contribution in [0.3, 0.4) is 0 Å². The number of nitrogens with one attached hydrogen (secondary N) is 1. The van der Waals surface area contributed by atoms with Gasteiger partial charge in [0.05, 0.1) is 12.9 Å². The summed E-state index contributed by atoms with van der Waals surface area (Å²) < 4.78 is 8.04. The van der Waals surface area contributed by atoms with E-state index >= 15 is 0 Å². The predicted octanol–water partition coefficient (Wildman–Crippen LogP) is -0.139. The summed E-state index contributed by atoms with van der Waals surface area (Å²) in [5.41, 5.74) is 14.4. The lowest BCUT2D eigenvalue weighted by molar-refractivity contribution is -0.0511. The minimum Gasteiger partial charge on any atom is -0.398 e. The second-order valence-corrected chi connectivity index (χ2v) is 8.18. The number of imidazole rings is 1. The van der Waals surface area contributed by atoms with Crippen LogP contribution in [0.4, 0.5) is 17.5 Å². The molecule has 1 saturated heterocycles. The first-order valence-corrected chi connectivity index (χ1v) is 10.4. The van der Waals surface area contributed by atoms with E-state index < -0.39 is 31.1 Å².